The fourth-order valence-corrected chi connectivity index (χ4v) is 1.60. The molecule has 0 radical (unpaired) electrons. The number of H-pyrrole nitrogens is 1. The van der Waals surface area contributed by atoms with Crippen molar-refractivity contribution in [3.8, 4) is 0 Å². The molecule has 0 bridgehead atoms. The third kappa shape index (κ3) is 1.75. The van der Waals surface area contributed by atoms with Gasteiger partial charge in [-0.25, -0.2) is 9.78 Å². The lowest BCUT2D eigenvalue weighted by molar-refractivity contribution is 0.0595. The fourth-order valence-electron chi connectivity index (χ4n) is 1.17. The van der Waals surface area contributed by atoms with Gasteiger partial charge in [0.1, 0.15) is 16.5 Å². The van der Waals surface area contributed by atoms with Gasteiger partial charge in [-0.15, -0.1) is 0 Å². The van der Waals surface area contributed by atoms with Crippen LogP contribution in [0.25, 0.3) is 11.0 Å². The maximum atomic E-state index is 11.2. The van der Waals surface area contributed by atoms with Crippen LogP contribution in [0, 0.1) is 0 Å². The van der Waals surface area contributed by atoms with Crippen molar-refractivity contribution in [2.24, 2.45) is 0 Å². The molecule has 0 saturated heterocycles. The van der Waals surface area contributed by atoms with Crippen molar-refractivity contribution in [3.63, 3.8) is 0 Å². The Hall–Kier alpha value is -1.33. The Kier molecular flexibility index (Phi) is 2.50. The van der Waals surface area contributed by atoms with E-state index in [1.165, 1.54) is 13.2 Å². The molecule has 7 heteroatoms. The maximum Gasteiger partial charge on any atom is 0.354 e. The second-order valence-corrected chi connectivity index (χ2v) is 3.42. The summed E-state index contributed by atoms with van der Waals surface area (Å²) in [6.45, 7) is 0. The number of ether oxygens (including phenoxy) is 1. The van der Waals surface area contributed by atoms with Gasteiger partial charge in [0.15, 0.2) is 0 Å². The van der Waals surface area contributed by atoms with E-state index in [0.29, 0.717) is 11.0 Å². The number of halogens is 2. The second kappa shape index (κ2) is 3.67. The minimum atomic E-state index is -0.500. The average molecular weight is 246 g/mol. The Balaban J connectivity index is 2.65. The van der Waals surface area contributed by atoms with Crippen LogP contribution in [0.1, 0.15) is 10.5 Å². The van der Waals surface area contributed by atoms with Crippen molar-refractivity contribution in [1.29, 1.82) is 0 Å². The van der Waals surface area contributed by atoms with Gasteiger partial charge in [0, 0.05) is 0 Å². The maximum absolute atomic E-state index is 11.2. The molecule has 0 aliphatic rings. The van der Waals surface area contributed by atoms with Crippen molar-refractivity contribution in [1.82, 2.24) is 15.0 Å². The third-order valence-corrected chi connectivity index (χ3v) is 2.28. The molecular weight excluding hydrogens is 241 g/mol. The zero-order valence-corrected chi connectivity index (χ0v) is 9.06. The van der Waals surface area contributed by atoms with E-state index in [4.69, 9.17) is 23.2 Å². The first-order chi connectivity index (χ1) is 7.11. The summed E-state index contributed by atoms with van der Waals surface area (Å²) in [5.41, 5.74) is 0.659. The Bertz CT molecular complexity index is 538. The number of nitrogens with one attached hydrogen (secondary N) is 1. The lowest BCUT2D eigenvalue weighted by atomic mass is 10.4. The number of aromatic nitrogens is 3. The van der Waals surface area contributed by atoms with Crippen LogP contribution in [0.2, 0.25) is 10.4 Å². The quantitative estimate of drug-likeness (QED) is 0.475. The van der Waals surface area contributed by atoms with E-state index < -0.39 is 5.97 Å². The van der Waals surface area contributed by atoms with E-state index >= 15 is 0 Å². The summed E-state index contributed by atoms with van der Waals surface area (Å²) in [7, 11) is 1.29. The highest BCUT2D eigenvalue weighted by molar-refractivity contribution is 6.35. The molecule has 0 aliphatic carbocycles. The fraction of sp³-hybridized carbons (Fsp3) is 0.125. The summed E-state index contributed by atoms with van der Waals surface area (Å²) in [5.74, 6) is -0.500. The van der Waals surface area contributed by atoms with E-state index in [0.717, 1.165) is 0 Å². The van der Waals surface area contributed by atoms with E-state index in [9.17, 15) is 4.79 Å². The predicted octanol–water partition coefficient (Wildman–Crippen LogP) is 2.05. The molecule has 0 fully saturated rings. The molecule has 2 aromatic rings. The smallest absolute Gasteiger partial charge is 0.354 e. The number of aromatic amines is 1. The topological polar surface area (TPSA) is 67.9 Å². The van der Waals surface area contributed by atoms with Crippen LogP contribution in [0.5, 0.6) is 0 Å². The van der Waals surface area contributed by atoms with Crippen molar-refractivity contribution in [3.05, 3.63) is 22.2 Å². The Labute approximate surface area is 94.4 Å². The monoisotopic (exact) mass is 245 g/mol. The number of methoxy groups -OCH3 is 1. The number of esters is 1. The minimum absolute atomic E-state index is 0.0192. The van der Waals surface area contributed by atoms with Gasteiger partial charge in [-0.1, -0.05) is 11.6 Å². The minimum Gasteiger partial charge on any atom is -0.464 e. The number of carbonyl (C=O) groups excluding carboxylic acids is 1. The van der Waals surface area contributed by atoms with Crippen molar-refractivity contribution in [2.75, 3.05) is 7.11 Å². The van der Waals surface area contributed by atoms with Crippen molar-refractivity contribution < 1.29 is 9.53 Å². The van der Waals surface area contributed by atoms with Gasteiger partial charge < -0.3 is 9.72 Å². The molecule has 0 aromatic carbocycles. The van der Waals surface area contributed by atoms with Crippen LogP contribution in [-0.4, -0.2) is 28.0 Å². The third-order valence-electron chi connectivity index (χ3n) is 1.82. The van der Waals surface area contributed by atoms with Gasteiger partial charge in [-0.2, -0.15) is 4.98 Å². The van der Waals surface area contributed by atoms with E-state index in [1.54, 1.807) is 0 Å². The van der Waals surface area contributed by atoms with Crippen LogP contribution < -0.4 is 0 Å². The average Bonchev–Trinajstić information content (AvgIpc) is 2.60. The Morgan fingerprint density at radius 1 is 1.47 bits per heavy atom. The van der Waals surface area contributed by atoms with Crippen LogP contribution in [-0.2, 0) is 4.74 Å². The molecule has 0 atom stereocenters. The standard InChI is InChI=1S/C8H5Cl2N3O2/c1-15-7(14)4-2-3-5(9)12-8(10)13-6(3)11-4/h2H,1H3,(H,11,12,13). The highest BCUT2D eigenvalue weighted by atomic mass is 35.5. The predicted molar refractivity (Wildman–Crippen MR) is 55.2 cm³/mol. The Morgan fingerprint density at radius 2 is 2.20 bits per heavy atom. The van der Waals surface area contributed by atoms with Gasteiger partial charge in [-0.3, -0.25) is 0 Å². The highest BCUT2D eigenvalue weighted by Gasteiger charge is 2.13. The summed E-state index contributed by atoms with van der Waals surface area (Å²) in [5, 5.41) is 0.739. The van der Waals surface area contributed by atoms with Crippen molar-refractivity contribution >= 4 is 40.2 Å². The lowest BCUT2D eigenvalue weighted by Crippen LogP contribution is -2.00. The molecule has 1 N–H and O–H groups in total. The number of fused-ring (bicyclic) bond motifs is 1. The molecule has 0 aliphatic heterocycles. The van der Waals surface area contributed by atoms with E-state index in [-0.39, 0.29) is 16.1 Å². The molecular formula is C8H5Cl2N3O2. The van der Waals surface area contributed by atoms with Crippen LogP contribution >= 0.6 is 23.2 Å². The van der Waals surface area contributed by atoms with E-state index in [1.807, 2.05) is 0 Å². The number of nitrogens with zero attached hydrogens (tertiary/aromatic N) is 2. The molecule has 2 heterocycles. The molecule has 2 aromatic heterocycles. The first-order valence-corrected chi connectivity index (χ1v) is 4.67. The van der Waals surface area contributed by atoms with Crippen molar-refractivity contribution in [2.45, 2.75) is 0 Å². The summed E-state index contributed by atoms with van der Waals surface area (Å²) in [6.07, 6.45) is 0. The normalized spacial score (nSPS) is 10.6. The number of hydrogen-bond acceptors (Lipinski definition) is 4. The van der Waals surface area contributed by atoms with Crippen LogP contribution in [0.15, 0.2) is 6.07 Å². The molecule has 0 unspecified atom stereocenters. The summed E-state index contributed by atoms with van der Waals surface area (Å²) in [6, 6.07) is 1.51. The first kappa shape index (κ1) is 10.2. The Morgan fingerprint density at radius 3 is 2.87 bits per heavy atom. The second-order valence-electron chi connectivity index (χ2n) is 2.72. The van der Waals surface area contributed by atoms with Gasteiger partial charge in [0.05, 0.1) is 12.5 Å². The summed E-state index contributed by atoms with van der Waals surface area (Å²) >= 11 is 11.4. The van der Waals surface area contributed by atoms with Crippen LogP contribution in [0.3, 0.4) is 0 Å². The number of rotatable bonds is 1. The molecule has 0 saturated carbocycles. The zero-order valence-electron chi connectivity index (χ0n) is 7.54. The molecule has 5 nitrogen and oxygen atoms in total. The zero-order chi connectivity index (χ0) is 11.0. The summed E-state index contributed by atoms with van der Waals surface area (Å²) in [4.78, 5) is 21.6. The van der Waals surface area contributed by atoms with Gasteiger partial charge in [-0.05, 0) is 17.7 Å². The molecule has 0 spiro atoms. The molecule has 0 amide bonds. The SMILES string of the molecule is COC(=O)c1cc2c(Cl)nc(Cl)nc2[nH]1. The van der Waals surface area contributed by atoms with Crippen LogP contribution in [0.4, 0.5) is 0 Å². The van der Waals surface area contributed by atoms with Gasteiger partial charge in [0.25, 0.3) is 0 Å². The van der Waals surface area contributed by atoms with E-state index in [2.05, 4.69) is 19.7 Å². The lowest BCUT2D eigenvalue weighted by Gasteiger charge is -1.92. The highest BCUT2D eigenvalue weighted by Crippen LogP contribution is 2.22. The molecule has 78 valence electrons. The van der Waals surface area contributed by atoms with Gasteiger partial charge >= 0.3 is 5.97 Å². The largest absolute Gasteiger partial charge is 0.464 e. The first-order valence-electron chi connectivity index (χ1n) is 3.92. The molecule has 15 heavy (non-hydrogen) atoms. The molecule has 2 rings (SSSR count). The number of carbonyl (C=O) groups is 1. The summed E-state index contributed by atoms with van der Waals surface area (Å²) < 4.78 is 4.54. The number of hydrogen-bond donors (Lipinski definition) is 1. The van der Waals surface area contributed by atoms with Gasteiger partial charge in [0.2, 0.25) is 5.28 Å².